The summed E-state index contributed by atoms with van der Waals surface area (Å²) in [7, 11) is -2.38. The maximum absolute atomic E-state index is 12.6. The number of carbonyl (C=O) groups is 4. The lowest BCUT2D eigenvalue weighted by atomic mass is 10.1. The number of amides is 1. The molecule has 0 radical (unpaired) electrons. The highest BCUT2D eigenvalue weighted by molar-refractivity contribution is 8.13. The van der Waals surface area contributed by atoms with E-state index in [1.807, 2.05) is 19.4 Å². The van der Waals surface area contributed by atoms with E-state index in [0.717, 1.165) is 12.8 Å². The Bertz CT molecular complexity index is 651. The van der Waals surface area contributed by atoms with Gasteiger partial charge in [0.1, 0.15) is 12.1 Å². The Morgan fingerprint density at radius 1 is 0.939 bits per heavy atom. The summed E-state index contributed by atoms with van der Waals surface area (Å²) in [5.74, 6) is 0.279. The molecule has 0 aliphatic heterocycles. The van der Waals surface area contributed by atoms with Gasteiger partial charge in [-0.15, -0.1) is 0 Å². The summed E-state index contributed by atoms with van der Waals surface area (Å²) in [6, 6.07) is -2.57. The van der Waals surface area contributed by atoms with Crippen molar-refractivity contribution in [2.45, 2.75) is 76.4 Å². The second-order valence-corrected chi connectivity index (χ2v) is 10.9. The topological polar surface area (TPSA) is 159 Å². The molecule has 0 aromatic rings. The molecule has 0 heterocycles. The molecule has 0 rings (SSSR count). The van der Waals surface area contributed by atoms with Crippen LogP contribution in [0.25, 0.3) is 0 Å². The third-order valence-corrected chi connectivity index (χ3v) is 7.32. The number of thioether (sulfide) groups is 2. The number of rotatable bonds is 18. The van der Waals surface area contributed by atoms with Crippen LogP contribution in [0.4, 0.5) is 0 Å². The molecular formula is C21H39N3O6S3. The summed E-state index contributed by atoms with van der Waals surface area (Å²) in [6.45, 7) is 2.32. The van der Waals surface area contributed by atoms with Gasteiger partial charge in [-0.25, -0.2) is 4.21 Å². The summed E-state index contributed by atoms with van der Waals surface area (Å²) in [5, 5.41) is 1.05. The van der Waals surface area contributed by atoms with Gasteiger partial charge in [0.15, 0.2) is 10.8 Å². The van der Waals surface area contributed by atoms with Gasteiger partial charge in [0, 0.05) is 6.42 Å². The number of ether oxygens (including phenoxy) is 1. The summed E-state index contributed by atoms with van der Waals surface area (Å²) in [5.41, 5.74) is 11.6. The van der Waals surface area contributed by atoms with Gasteiger partial charge in [0.05, 0.1) is 12.6 Å². The Balaban J connectivity index is 4.63. The molecule has 0 aromatic heterocycles. The second kappa shape index (κ2) is 19.4. The van der Waals surface area contributed by atoms with Crippen LogP contribution in [-0.2, 0) is 34.7 Å². The van der Waals surface area contributed by atoms with Crippen LogP contribution in [0.2, 0.25) is 0 Å². The lowest BCUT2D eigenvalue weighted by Crippen LogP contribution is -2.50. The maximum Gasteiger partial charge on any atom is 0.322 e. The van der Waals surface area contributed by atoms with Gasteiger partial charge in [-0.05, 0) is 56.1 Å². The molecule has 0 bridgehead atoms. The Morgan fingerprint density at radius 3 is 2.18 bits per heavy atom. The van der Waals surface area contributed by atoms with Crippen LogP contribution in [0.5, 0.6) is 0 Å². The molecule has 9 nitrogen and oxygen atoms in total. The highest BCUT2D eigenvalue weighted by Gasteiger charge is 2.30. The number of esters is 1. The van der Waals surface area contributed by atoms with Crippen molar-refractivity contribution in [2.24, 2.45) is 11.5 Å². The fourth-order valence-corrected chi connectivity index (χ4v) is 4.60. The minimum atomic E-state index is -2.38. The number of nitrogens with one attached hydrogen (secondary N) is 1. The largest absolute Gasteiger partial charge is 0.465 e. The molecule has 192 valence electrons. The van der Waals surface area contributed by atoms with Gasteiger partial charge in [-0.1, -0.05) is 19.8 Å². The van der Waals surface area contributed by atoms with Crippen LogP contribution in [0.15, 0.2) is 0 Å². The van der Waals surface area contributed by atoms with E-state index in [-0.39, 0.29) is 12.8 Å². The fourth-order valence-electron chi connectivity index (χ4n) is 2.65. The van der Waals surface area contributed by atoms with Crippen molar-refractivity contribution in [3.8, 4) is 0 Å². The quantitative estimate of drug-likeness (QED) is 0.176. The first-order valence-electron chi connectivity index (χ1n) is 11.1. The van der Waals surface area contributed by atoms with Crippen molar-refractivity contribution in [3.63, 3.8) is 0 Å². The summed E-state index contributed by atoms with van der Waals surface area (Å²) in [4.78, 5) is 49.0. The monoisotopic (exact) mass is 525 g/mol. The summed E-state index contributed by atoms with van der Waals surface area (Å²) < 4.78 is 17.5. The van der Waals surface area contributed by atoms with Crippen molar-refractivity contribution in [2.75, 3.05) is 30.6 Å². The minimum absolute atomic E-state index is 0.0770. The van der Waals surface area contributed by atoms with E-state index in [9.17, 15) is 23.4 Å². The van der Waals surface area contributed by atoms with Crippen LogP contribution in [0.3, 0.4) is 0 Å². The van der Waals surface area contributed by atoms with Crippen molar-refractivity contribution in [1.82, 2.24) is 5.32 Å². The number of hydrogen-bond acceptors (Lipinski definition) is 10. The van der Waals surface area contributed by atoms with E-state index < -0.39 is 51.0 Å². The van der Waals surface area contributed by atoms with E-state index >= 15 is 0 Å². The first kappa shape index (κ1) is 32.0. The SMILES string of the molecule is CCCCOC(=O)C(N)CCCCC(=O)S(=O)C(=O)[C@H](CCSC)NC(=O)[C@@H](N)CCSC. The van der Waals surface area contributed by atoms with Crippen LogP contribution < -0.4 is 16.8 Å². The highest BCUT2D eigenvalue weighted by Crippen LogP contribution is 2.10. The van der Waals surface area contributed by atoms with Crippen molar-refractivity contribution >= 4 is 56.4 Å². The van der Waals surface area contributed by atoms with Crippen LogP contribution in [0, 0.1) is 0 Å². The lowest BCUT2D eigenvalue weighted by Gasteiger charge is -2.19. The minimum Gasteiger partial charge on any atom is -0.465 e. The van der Waals surface area contributed by atoms with E-state index in [1.165, 1.54) is 11.8 Å². The molecule has 12 heteroatoms. The van der Waals surface area contributed by atoms with Crippen LogP contribution in [-0.4, -0.2) is 75.1 Å². The van der Waals surface area contributed by atoms with Crippen LogP contribution >= 0.6 is 23.5 Å². The van der Waals surface area contributed by atoms with Gasteiger partial charge in [-0.2, -0.15) is 23.5 Å². The van der Waals surface area contributed by atoms with Crippen molar-refractivity contribution in [1.29, 1.82) is 0 Å². The molecule has 0 aliphatic rings. The lowest BCUT2D eigenvalue weighted by molar-refractivity contribution is -0.145. The molecule has 2 unspecified atom stereocenters. The fraction of sp³-hybridized carbons (Fsp3) is 0.810. The Kier molecular flexibility index (Phi) is 18.8. The number of hydrogen-bond donors (Lipinski definition) is 3. The first-order valence-corrected chi connectivity index (χ1v) is 15.1. The Labute approximate surface area is 208 Å². The molecule has 4 atom stereocenters. The maximum atomic E-state index is 12.6. The van der Waals surface area contributed by atoms with Crippen molar-refractivity contribution in [3.05, 3.63) is 0 Å². The third-order valence-electron chi connectivity index (χ3n) is 4.76. The molecule has 0 saturated heterocycles. The number of nitrogens with two attached hydrogens (primary N) is 2. The van der Waals surface area contributed by atoms with E-state index in [4.69, 9.17) is 16.2 Å². The molecule has 33 heavy (non-hydrogen) atoms. The van der Waals surface area contributed by atoms with Crippen molar-refractivity contribution < 1.29 is 28.1 Å². The van der Waals surface area contributed by atoms with E-state index in [2.05, 4.69) is 5.32 Å². The predicted octanol–water partition coefficient (Wildman–Crippen LogP) is 1.34. The normalized spacial score (nSPS) is 14.7. The standard InChI is InChI=1S/C21H39N3O6S3/c1-4-5-12-30-20(27)16(23)8-6-7-9-18(25)33(29)21(28)17(11-14-32-3)24-19(26)15(22)10-13-31-2/h15-17H,4-14,22-23H2,1-3H3,(H,24,26)/t15-,16?,17-,33?/m0/s1. The summed E-state index contributed by atoms with van der Waals surface area (Å²) >= 11 is 3.03. The average molecular weight is 526 g/mol. The zero-order valence-electron chi connectivity index (χ0n) is 19.8. The first-order chi connectivity index (χ1) is 15.7. The average Bonchev–Trinajstić information content (AvgIpc) is 2.81. The zero-order valence-corrected chi connectivity index (χ0v) is 22.3. The van der Waals surface area contributed by atoms with Gasteiger partial charge in [-0.3, -0.25) is 19.2 Å². The van der Waals surface area contributed by atoms with Crippen LogP contribution in [0.1, 0.15) is 58.3 Å². The molecule has 5 N–H and O–H groups in total. The Morgan fingerprint density at radius 2 is 1.58 bits per heavy atom. The molecule has 0 aliphatic carbocycles. The van der Waals surface area contributed by atoms with Gasteiger partial charge >= 0.3 is 5.97 Å². The molecule has 0 aromatic carbocycles. The molecule has 1 amide bonds. The number of unbranched alkanes of at least 4 members (excludes halogenated alkanes) is 2. The van der Waals surface area contributed by atoms with E-state index in [0.29, 0.717) is 43.8 Å². The summed E-state index contributed by atoms with van der Waals surface area (Å²) in [6.07, 6.45) is 7.19. The van der Waals surface area contributed by atoms with Gasteiger partial charge in [0.2, 0.25) is 16.1 Å². The number of carbonyl (C=O) groups excluding carboxylic acids is 4. The molecule has 0 fully saturated rings. The van der Waals surface area contributed by atoms with Gasteiger partial charge in [0.25, 0.3) is 0 Å². The second-order valence-electron chi connectivity index (χ2n) is 7.56. The smallest absolute Gasteiger partial charge is 0.322 e. The predicted molar refractivity (Wildman–Crippen MR) is 136 cm³/mol. The highest BCUT2D eigenvalue weighted by atomic mass is 32.2. The molecular weight excluding hydrogens is 486 g/mol. The molecule has 0 saturated carbocycles. The third kappa shape index (κ3) is 14.1. The van der Waals surface area contributed by atoms with E-state index in [1.54, 1.807) is 11.8 Å². The molecule has 0 spiro atoms. The zero-order chi connectivity index (χ0) is 25.2. The van der Waals surface area contributed by atoms with Gasteiger partial charge < -0.3 is 21.5 Å². The Hall–Kier alpha value is -0.950.